The Morgan fingerprint density at radius 2 is 2.00 bits per heavy atom. The van der Waals surface area contributed by atoms with Crippen molar-refractivity contribution in [1.29, 1.82) is 0 Å². The van der Waals surface area contributed by atoms with Crippen LogP contribution < -0.4 is 5.32 Å². The minimum Gasteiger partial charge on any atom is -0.314 e. The Morgan fingerprint density at radius 1 is 1.50 bits per heavy atom. The maximum atomic E-state index is 3.26. The van der Waals surface area contributed by atoms with Crippen molar-refractivity contribution in [2.24, 2.45) is 5.92 Å². The first-order valence-corrected chi connectivity index (χ1v) is 2.54. The summed E-state index contributed by atoms with van der Waals surface area (Å²) in [5.41, 5.74) is 0. The zero-order chi connectivity index (χ0) is 4.57. The van der Waals surface area contributed by atoms with Crippen molar-refractivity contribution < 1.29 is 0 Å². The van der Waals surface area contributed by atoms with Gasteiger partial charge in [0.2, 0.25) is 0 Å². The van der Waals surface area contributed by atoms with Crippen LogP contribution in [-0.2, 0) is 0 Å². The molecule has 36 valence electrons. The summed E-state index contributed by atoms with van der Waals surface area (Å²) >= 11 is 0. The Hall–Kier alpha value is -0.0400. The van der Waals surface area contributed by atoms with Crippen LogP contribution in [0.3, 0.4) is 0 Å². The van der Waals surface area contributed by atoms with E-state index in [9.17, 15) is 0 Å². The highest BCUT2D eigenvalue weighted by atomic mass is 15.0. The van der Waals surface area contributed by atoms with Crippen LogP contribution in [0.5, 0.6) is 0 Å². The molecule has 0 aromatic carbocycles. The van der Waals surface area contributed by atoms with E-state index in [0.29, 0.717) is 0 Å². The van der Waals surface area contributed by atoms with Crippen LogP contribution in [0.1, 0.15) is 13.8 Å². The van der Waals surface area contributed by atoms with Gasteiger partial charge in [0.05, 0.1) is 0 Å². The maximum Gasteiger partial charge on any atom is 0.00765 e. The van der Waals surface area contributed by atoms with E-state index in [1.807, 2.05) is 0 Å². The van der Waals surface area contributed by atoms with E-state index in [1.165, 1.54) is 6.54 Å². The molecule has 1 aliphatic heterocycles. The third-order valence-corrected chi connectivity index (χ3v) is 1.62. The van der Waals surface area contributed by atoms with Gasteiger partial charge in [-0.3, -0.25) is 0 Å². The second kappa shape index (κ2) is 1.23. The molecule has 0 saturated carbocycles. The van der Waals surface area contributed by atoms with Gasteiger partial charge in [-0.2, -0.15) is 0 Å². The lowest BCUT2D eigenvalue weighted by Gasteiger charge is -2.31. The summed E-state index contributed by atoms with van der Waals surface area (Å²) in [6, 6.07) is 0.782. The lowest BCUT2D eigenvalue weighted by atomic mass is 9.96. The Bertz CT molecular complexity index is 43.9. The Labute approximate surface area is 38.7 Å². The third kappa shape index (κ3) is 0.432. The third-order valence-electron chi connectivity index (χ3n) is 1.62. The van der Waals surface area contributed by atoms with Gasteiger partial charge in [-0.1, -0.05) is 6.92 Å². The van der Waals surface area contributed by atoms with Gasteiger partial charge >= 0.3 is 0 Å². The highest BCUT2D eigenvalue weighted by Gasteiger charge is 2.19. The fourth-order valence-corrected chi connectivity index (χ4v) is 0.589. The molecule has 1 fully saturated rings. The number of hydrogen-bond donors (Lipinski definition) is 1. The molecule has 1 heterocycles. The van der Waals surface area contributed by atoms with E-state index in [1.54, 1.807) is 0 Å². The van der Waals surface area contributed by atoms with Crippen LogP contribution in [0.4, 0.5) is 0 Å². The van der Waals surface area contributed by atoms with Gasteiger partial charge in [0.15, 0.2) is 0 Å². The van der Waals surface area contributed by atoms with Gasteiger partial charge in [0.25, 0.3) is 0 Å². The van der Waals surface area contributed by atoms with Crippen molar-refractivity contribution in [3.8, 4) is 0 Å². The second-order valence-electron chi connectivity index (χ2n) is 2.17. The highest BCUT2D eigenvalue weighted by molar-refractivity contribution is 4.79. The summed E-state index contributed by atoms with van der Waals surface area (Å²) in [5.74, 6) is 0.921. The van der Waals surface area contributed by atoms with Crippen LogP contribution in [-0.4, -0.2) is 12.6 Å². The summed E-state index contributed by atoms with van der Waals surface area (Å²) < 4.78 is 0. The number of hydrogen-bond acceptors (Lipinski definition) is 1. The molecule has 0 aliphatic carbocycles. The van der Waals surface area contributed by atoms with Gasteiger partial charge in [-0.25, -0.2) is 0 Å². The normalized spacial score (nSPS) is 45.0. The first-order chi connectivity index (χ1) is 2.80. The lowest BCUT2D eigenvalue weighted by Crippen LogP contribution is -2.49. The molecule has 1 rings (SSSR count). The molecule has 6 heavy (non-hydrogen) atoms. The molecule has 2 unspecified atom stereocenters. The topological polar surface area (TPSA) is 12.0 Å². The minimum absolute atomic E-state index is 0.782. The number of rotatable bonds is 0. The van der Waals surface area contributed by atoms with Crippen molar-refractivity contribution in [3.05, 3.63) is 0 Å². The van der Waals surface area contributed by atoms with Gasteiger partial charge in [0.1, 0.15) is 0 Å². The quantitative estimate of drug-likeness (QED) is 0.454. The maximum absolute atomic E-state index is 3.26. The molecular weight excluding hydrogens is 74.1 g/mol. The SMILES string of the molecule is CC1CNC1C. The molecular formula is C5H11N. The molecule has 1 N–H and O–H groups in total. The van der Waals surface area contributed by atoms with Gasteiger partial charge in [-0.05, 0) is 19.4 Å². The predicted octanol–water partition coefficient (Wildman–Crippen LogP) is 0.614. The van der Waals surface area contributed by atoms with E-state index in [0.717, 1.165) is 12.0 Å². The monoisotopic (exact) mass is 85.1 g/mol. The van der Waals surface area contributed by atoms with Crippen molar-refractivity contribution in [2.45, 2.75) is 19.9 Å². The molecule has 0 bridgehead atoms. The van der Waals surface area contributed by atoms with E-state index in [2.05, 4.69) is 19.2 Å². The van der Waals surface area contributed by atoms with Gasteiger partial charge in [0, 0.05) is 6.04 Å². The minimum atomic E-state index is 0.782. The Morgan fingerprint density at radius 3 is 2.00 bits per heavy atom. The fraction of sp³-hybridized carbons (Fsp3) is 1.00. The molecule has 0 aromatic rings. The second-order valence-corrected chi connectivity index (χ2v) is 2.17. The highest BCUT2D eigenvalue weighted by Crippen LogP contribution is 2.08. The lowest BCUT2D eigenvalue weighted by molar-refractivity contribution is 0.274. The fourth-order valence-electron chi connectivity index (χ4n) is 0.589. The molecule has 1 saturated heterocycles. The van der Waals surface area contributed by atoms with Gasteiger partial charge in [-0.15, -0.1) is 0 Å². The molecule has 1 heteroatoms. The zero-order valence-corrected chi connectivity index (χ0v) is 4.36. The van der Waals surface area contributed by atoms with Gasteiger partial charge < -0.3 is 5.32 Å². The zero-order valence-electron chi connectivity index (χ0n) is 4.36. The summed E-state index contributed by atoms with van der Waals surface area (Å²) in [6.07, 6.45) is 0. The van der Waals surface area contributed by atoms with E-state index >= 15 is 0 Å². The molecule has 1 aliphatic rings. The number of nitrogens with one attached hydrogen (secondary N) is 1. The molecule has 0 amide bonds. The first kappa shape index (κ1) is 4.13. The van der Waals surface area contributed by atoms with Crippen LogP contribution in [0.2, 0.25) is 0 Å². The van der Waals surface area contributed by atoms with Crippen LogP contribution >= 0.6 is 0 Å². The van der Waals surface area contributed by atoms with E-state index in [-0.39, 0.29) is 0 Å². The molecule has 0 spiro atoms. The standard InChI is InChI=1S/C5H11N/c1-4-3-6-5(4)2/h4-6H,3H2,1-2H3. The van der Waals surface area contributed by atoms with Crippen LogP contribution in [0.15, 0.2) is 0 Å². The van der Waals surface area contributed by atoms with E-state index in [4.69, 9.17) is 0 Å². The van der Waals surface area contributed by atoms with Crippen molar-refractivity contribution in [1.82, 2.24) is 5.32 Å². The summed E-state index contributed by atoms with van der Waals surface area (Å²) in [6.45, 7) is 5.70. The summed E-state index contributed by atoms with van der Waals surface area (Å²) in [7, 11) is 0. The average molecular weight is 85.1 g/mol. The summed E-state index contributed by atoms with van der Waals surface area (Å²) in [5, 5.41) is 3.26. The predicted molar refractivity (Wildman–Crippen MR) is 26.6 cm³/mol. The first-order valence-electron chi connectivity index (χ1n) is 2.54. The van der Waals surface area contributed by atoms with Crippen molar-refractivity contribution >= 4 is 0 Å². The smallest absolute Gasteiger partial charge is 0.00765 e. The molecule has 0 aromatic heterocycles. The Balaban J connectivity index is 2.20. The Kier molecular flexibility index (Phi) is 0.845. The average Bonchev–Trinajstić information content (AvgIpc) is 1.61. The molecule has 2 atom stereocenters. The van der Waals surface area contributed by atoms with E-state index < -0.39 is 0 Å². The van der Waals surface area contributed by atoms with Crippen LogP contribution in [0.25, 0.3) is 0 Å². The summed E-state index contributed by atoms with van der Waals surface area (Å²) in [4.78, 5) is 0. The largest absolute Gasteiger partial charge is 0.314 e. The van der Waals surface area contributed by atoms with Crippen molar-refractivity contribution in [3.63, 3.8) is 0 Å². The van der Waals surface area contributed by atoms with Crippen molar-refractivity contribution in [2.75, 3.05) is 6.54 Å². The van der Waals surface area contributed by atoms with Crippen LogP contribution in [0, 0.1) is 5.92 Å². The molecule has 0 radical (unpaired) electrons. The molecule has 1 nitrogen and oxygen atoms in total.